The van der Waals surface area contributed by atoms with Gasteiger partial charge in [-0.2, -0.15) is 0 Å². The van der Waals surface area contributed by atoms with Crippen molar-refractivity contribution in [1.29, 1.82) is 0 Å². The third-order valence-corrected chi connectivity index (χ3v) is 3.93. The lowest BCUT2D eigenvalue weighted by Gasteiger charge is -2.03. The van der Waals surface area contributed by atoms with Gasteiger partial charge in [-0.05, 0) is 34.1 Å². The average molecular weight is 344 g/mol. The molecule has 0 bridgehead atoms. The molecule has 0 spiro atoms. The van der Waals surface area contributed by atoms with Gasteiger partial charge in [0.05, 0.1) is 17.4 Å². The van der Waals surface area contributed by atoms with Crippen LogP contribution in [-0.2, 0) is 0 Å². The highest BCUT2D eigenvalue weighted by Gasteiger charge is 2.11. The van der Waals surface area contributed by atoms with Crippen molar-refractivity contribution in [2.24, 2.45) is 0 Å². The third-order valence-electron chi connectivity index (χ3n) is 2.45. The summed E-state index contributed by atoms with van der Waals surface area (Å²) in [6.07, 6.45) is 3.15. The first-order valence-corrected chi connectivity index (χ1v) is 6.52. The van der Waals surface area contributed by atoms with Crippen LogP contribution in [0.4, 0.5) is 0 Å². The summed E-state index contributed by atoms with van der Waals surface area (Å²) in [4.78, 5) is 3.97. The van der Waals surface area contributed by atoms with Gasteiger partial charge in [0.2, 0.25) is 0 Å². The molecule has 4 nitrogen and oxygen atoms in total. The maximum Gasteiger partial charge on any atom is 0.180 e. The van der Waals surface area contributed by atoms with Gasteiger partial charge in [-0.25, -0.2) is 0 Å². The van der Waals surface area contributed by atoms with Crippen molar-refractivity contribution in [3.63, 3.8) is 0 Å². The Labute approximate surface area is 121 Å². The highest BCUT2D eigenvalue weighted by molar-refractivity contribution is 9.10. The van der Waals surface area contributed by atoms with Crippen molar-refractivity contribution in [2.45, 2.75) is 0 Å². The van der Waals surface area contributed by atoms with Gasteiger partial charge < -0.3 is 0 Å². The van der Waals surface area contributed by atoms with Gasteiger partial charge in [0.15, 0.2) is 11.5 Å². The number of benzene rings is 1. The molecule has 2 aromatic heterocycles. The molecule has 0 amide bonds. The molecule has 7 heteroatoms. The Bertz CT molecular complexity index is 741. The molecule has 0 saturated heterocycles. The fourth-order valence-corrected chi connectivity index (χ4v) is 2.36. The number of nitrogens with zero attached hydrogens (tertiary/aromatic N) is 4. The molecule has 0 aliphatic carbocycles. The maximum atomic E-state index is 6.11. The second-order valence-electron chi connectivity index (χ2n) is 3.58. The number of rotatable bonds is 1. The molecule has 0 fully saturated rings. The van der Waals surface area contributed by atoms with Crippen molar-refractivity contribution in [3.05, 3.63) is 45.2 Å². The fraction of sp³-hybridized carbons (Fsp3) is 0. The Balaban J connectivity index is 2.28. The second-order valence-corrected chi connectivity index (χ2v) is 5.22. The highest BCUT2D eigenvalue weighted by Crippen LogP contribution is 2.29. The molecule has 0 unspecified atom stereocenters. The monoisotopic (exact) mass is 342 g/mol. The zero-order chi connectivity index (χ0) is 12.7. The number of aromatic nitrogens is 4. The molecular formula is C11H5BrCl2N4. The summed E-state index contributed by atoms with van der Waals surface area (Å²) >= 11 is 15.5. The van der Waals surface area contributed by atoms with Crippen molar-refractivity contribution in [3.8, 4) is 11.4 Å². The molecule has 0 radical (unpaired) electrons. The predicted octanol–water partition coefficient (Wildman–Crippen LogP) is 3.86. The molecule has 1 aromatic carbocycles. The van der Waals surface area contributed by atoms with Crippen LogP contribution < -0.4 is 0 Å². The zero-order valence-corrected chi connectivity index (χ0v) is 11.9. The summed E-state index contributed by atoms with van der Waals surface area (Å²) in [6, 6.07) is 5.52. The van der Waals surface area contributed by atoms with Gasteiger partial charge in [-0.1, -0.05) is 23.2 Å². The zero-order valence-electron chi connectivity index (χ0n) is 8.81. The highest BCUT2D eigenvalue weighted by atomic mass is 79.9. The Kier molecular flexibility index (Phi) is 2.97. The van der Waals surface area contributed by atoms with Crippen LogP contribution in [-0.4, -0.2) is 19.6 Å². The van der Waals surface area contributed by atoms with Crippen molar-refractivity contribution >= 4 is 44.8 Å². The molecule has 0 saturated carbocycles. The van der Waals surface area contributed by atoms with E-state index < -0.39 is 0 Å². The van der Waals surface area contributed by atoms with E-state index in [1.807, 2.05) is 12.1 Å². The van der Waals surface area contributed by atoms with Crippen LogP contribution in [0.1, 0.15) is 0 Å². The maximum absolute atomic E-state index is 6.11. The van der Waals surface area contributed by atoms with E-state index in [-0.39, 0.29) is 0 Å². The second kappa shape index (κ2) is 4.50. The van der Waals surface area contributed by atoms with Crippen molar-refractivity contribution in [2.75, 3.05) is 0 Å². The molecule has 0 aliphatic heterocycles. The topological polar surface area (TPSA) is 43.1 Å². The molecule has 0 N–H and O–H groups in total. The first kappa shape index (κ1) is 11.9. The summed E-state index contributed by atoms with van der Waals surface area (Å²) in [5.74, 6) is 0.648. The van der Waals surface area contributed by atoms with E-state index in [4.69, 9.17) is 23.2 Å². The molecule has 0 atom stereocenters. The van der Waals surface area contributed by atoms with Crippen LogP contribution in [0.5, 0.6) is 0 Å². The van der Waals surface area contributed by atoms with E-state index in [2.05, 4.69) is 31.1 Å². The van der Waals surface area contributed by atoms with Gasteiger partial charge in [0, 0.05) is 10.0 Å². The lowest BCUT2D eigenvalue weighted by atomic mass is 10.2. The minimum atomic E-state index is 0.457. The summed E-state index contributed by atoms with van der Waals surface area (Å²) in [7, 11) is 0. The summed E-state index contributed by atoms with van der Waals surface area (Å²) in [5, 5.41) is 9.24. The molecule has 18 heavy (non-hydrogen) atoms. The molecule has 0 aliphatic rings. The van der Waals surface area contributed by atoms with E-state index >= 15 is 0 Å². The average Bonchev–Trinajstić information content (AvgIpc) is 2.78. The SMILES string of the molecule is Clc1ccc(-c2nnc3cncc(Cl)n23)cc1Br. The minimum absolute atomic E-state index is 0.457. The van der Waals surface area contributed by atoms with E-state index in [0.29, 0.717) is 21.6 Å². The van der Waals surface area contributed by atoms with Crippen molar-refractivity contribution in [1.82, 2.24) is 19.6 Å². The molecule has 3 rings (SSSR count). The first-order chi connectivity index (χ1) is 8.66. The molecule has 90 valence electrons. The largest absolute Gasteiger partial charge is 0.262 e. The molecule has 3 aromatic rings. The van der Waals surface area contributed by atoms with Crippen molar-refractivity contribution < 1.29 is 0 Å². The van der Waals surface area contributed by atoms with Gasteiger partial charge in [0.25, 0.3) is 0 Å². The Morgan fingerprint density at radius 3 is 2.72 bits per heavy atom. The van der Waals surface area contributed by atoms with Gasteiger partial charge in [-0.15, -0.1) is 10.2 Å². The van der Waals surface area contributed by atoms with Crippen LogP contribution >= 0.6 is 39.1 Å². The first-order valence-electron chi connectivity index (χ1n) is 4.97. The van der Waals surface area contributed by atoms with Gasteiger partial charge in [0.1, 0.15) is 5.15 Å². The summed E-state index contributed by atoms with van der Waals surface area (Å²) in [5.41, 5.74) is 1.47. The molecule has 2 heterocycles. The van der Waals surface area contributed by atoms with Crippen LogP contribution in [0.3, 0.4) is 0 Å². The lowest BCUT2D eigenvalue weighted by molar-refractivity contribution is 1.11. The van der Waals surface area contributed by atoms with Crippen LogP contribution in [0, 0.1) is 0 Å². The van der Waals surface area contributed by atoms with E-state index in [9.17, 15) is 0 Å². The quantitative estimate of drug-likeness (QED) is 0.673. The third kappa shape index (κ3) is 1.88. The number of fused-ring (bicyclic) bond motifs is 1. The Hall–Kier alpha value is -1.17. The number of hydrogen-bond acceptors (Lipinski definition) is 3. The lowest BCUT2D eigenvalue weighted by Crippen LogP contribution is -1.92. The fourth-order valence-electron chi connectivity index (χ4n) is 1.64. The van der Waals surface area contributed by atoms with Crippen LogP contribution in [0.25, 0.3) is 17.0 Å². The standard InChI is InChI=1S/C11H5BrCl2N4/c12-7-3-6(1-2-8(7)13)11-17-16-10-5-15-4-9(14)18(10)11/h1-5H. The number of hydrogen-bond donors (Lipinski definition) is 0. The summed E-state index contributed by atoms with van der Waals surface area (Å²) < 4.78 is 2.52. The Morgan fingerprint density at radius 2 is 1.94 bits per heavy atom. The van der Waals surface area contributed by atoms with Gasteiger partial charge >= 0.3 is 0 Å². The normalized spacial score (nSPS) is 11.1. The van der Waals surface area contributed by atoms with E-state index in [1.165, 1.54) is 0 Å². The van der Waals surface area contributed by atoms with E-state index in [0.717, 1.165) is 10.0 Å². The predicted molar refractivity (Wildman–Crippen MR) is 73.9 cm³/mol. The smallest absolute Gasteiger partial charge is 0.180 e. The molecular weight excluding hydrogens is 339 g/mol. The van der Waals surface area contributed by atoms with Gasteiger partial charge in [-0.3, -0.25) is 9.38 Å². The number of halogens is 3. The summed E-state index contributed by atoms with van der Waals surface area (Å²) in [6.45, 7) is 0. The Morgan fingerprint density at radius 1 is 1.11 bits per heavy atom. The van der Waals surface area contributed by atoms with E-state index in [1.54, 1.807) is 22.9 Å². The minimum Gasteiger partial charge on any atom is -0.262 e. The van der Waals surface area contributed by atoms with Crippen LogP contribution in [0.2, 0.25) is 10.2 Å². The van der Waals surface area contributed by atoms with Crippen LogP contribution in [0.15, 0.2) is 35.1 Å².